The Morgan fingerprint density at radius 1 is 0.846 bits per heavy atom. The van der Waals surface area contributed by atoms with Gasteiger partial charge in [0.05, 0.1) is 0 Å². The first kappa shape index (κ1) is 24.7. The fourth-order valence-corrected chi connectivity index (χ4v) is 3.90. The Bertz CT molecular complexity index is 496. The molecule has 148 valence electrons. The Morgan fingerprint density at radius 3 is 1.69 bits per heavy atom. The summed E-state index contributed by atoms with van der Waals surface area (Å²) in [6.45, 7) is 18.6. The van der Waals surface area contributed by atoms with Crippen molar-refractivity contribution >= 4 is 0 Å². The van der Waals surface area contributed by atoms with Crippen LogP contribution in [0.4, 0.5) is 0 Å². The Labute approximate surface area is 164 Å². The van der Waals surface area contributed by atoms with Crippen molar-refractivity contribution in [3.05, 3.63) is 59.3 Å². The summed E-state index contributed by atoms with van der Waals surface area (Å²) in [6, 6.07) is 0. The normalized spacial score (nSPS) is 18.9. The topological polar surface area (TPSA) is 0 Å². The standard InChI is InChI=1S/C18H22.C4H10.2C2H6/c1-3-14-10-18(11-15(14)4-2)12-16-8-6-5-7-9-17(16)13-18;1-3-4-2;2*1-2/h3,6-9H,1,4-5,10-13H2,2H3;3-4H2,1-2H3;2*1-2H3. The molecule has 3 aliphatic rings. The van der Waals surface area contributed by atoms with E-state index >= 15 is 0 Å². The zero-order valence-corrected chi connectivity index (χ0v) is 18.8. The first-order chi connectivity index (χ1) is 12.7. The number of hydrogen-bond donors (Lipinski definition) is 0. The first-order valence-electron chi connectivity index (χ1n) is 11.1. The molecule has 0 aromatic carbocycles. The molecule has 3 rings (SSSR count). The Hall–Kier alpha value is -1.30. The largest absolute Gasteiger partial charge is 0.0988 e. The van der Waals surface area contributed by atoms with E-state index < -0.39 is 0 Å². The van der Waals surface area contributed by atoms with Crippen molar-refractivity contribution in [1.29, 1.82) is 0 Å². The van der Waals surface area contributed by atoms with Gasteiger partial charge in [-0.3, -0.25) is 0 Å². The van der Waals surface area contributed by atoms with Crippen molar-refractivity contribution in [2.45, 2.75) is 99.8 Å². The molecule has 0 N–H and O–H groups in total. The summed E-state index contributed by atoms with van der Waals surface area (Å²) in [5.41, 5.74) is 6.85. The lowest BCUT2D eigenvalue weighted by Crippen LogP contribution is -2.13. The molecule has 0 amide bonds. The van der Waals surface area contributed by atoms with Crippen molar-refractivity contribution < 1.29 is 0 Å². The van der Waals surface area contributed by atoms with Crippen LogP contribution in [0, 0.1) is 5.41 Å². The average Bonchev–Trinajstić information content (AvgIpc) is 3.15. The Balaban J connectivity index is 0.000000680. The molecule has 0 aliphatic heterocycles. The van der Waals surface area contributed by atoms with Gasteiger partial charge in [-0.2, -0.15) is 0 Å². The van der Waals surface area contributed by atoms with Gasteiger partial charge >= 0.3 is 0 Å². The SMILES string of the molecule is C=CC1=C(CC)CC2(CC3=C(C=CCC=C3)C2)C1.CC.CC.CCCC. The molecule has 0 aromatic rings. The van der Waals surface area contributed by atoms with Crippen molar-refractivity contribution in [1.82, 2.24) is 0 Å². The molecular formula is C26H44. The highest BCUT2D eigenvalue weighted by Gasteiger charge is 2.42. The molecule has 0 saturated heterocycles. The van der Waals surface area contributed by atoms with Crippen LogP contribution in [0.1, 0.15) is 99.8 Å². The summed E-state index contributed by atoms with van der Waals surface area (Å²) in [6.07, 6.45) is 21.4. The average molecular weight is 357 g/mol. The zero-order valence-electron chi connectivity index (χ0n) is 18.8. The second-order valence-corrected chi connectivity index (χ2v) is 6.98. The molecule has 0 unspecified atom stereocenters. The predicted molar refractivity (Wildman–Crippen MR) is 122 cm³/mol. The van der Waals surface area contributed by atoms with Crippen LogP contribution in [0.5, 0.6) is 0 Å². The highest BCUT2D eigenvalue weighted by atomic mass is 14.5. The third kappa shape index (κ3) is 6.78. The summed E-state index contributed by atoms with van der Waals surface area (Å²) in [5.74, 6) is 0. The van der Waals surface area contributed by atoms with Crippen LogP contribution in [0.2, 0.25) is 0 Å². The van der Waals surface area contributed by atoms with Gasteiger partial charge in [0.25, 0.3) is 0 Å². The van der Waals surface area contributed by atoms with E-state index in [1.807, 2.05) is 27.7 Å². The van der Waals surface area contributed by atoms with E-state index in [9.17, 15) is 0 Å². The molecule has 0 radical (unpaired) electrons. The van der Waals surface area contributed by atoms with Gasteiger partial charge in [0.15, 0.2) is 0 Å². The van der Waals surface area contributed by atoms with Gasteiger partial charge in [0.2, 0.25) is 0 Å². The lowest BCUT2D eigenvalue weighted by Gasteiger charge is -2.24. The molecule has 0 aromatic heterocycles. The summed E-state index contributed by atoms with van der Waals surface area (Å²) >= 11 is 0. The fraction of sp³-hybridized carbons (Fsp3) is 0.615. The maximum Gasteiger partial charge on any atom is -0.0139 e. The quantitative estimate of drug-likeness (QED) is 0.473. The monoisotopic (exact) mass is 356 g/mol. The number of allylic oxidation sites excluding steroid dienone is 9. The minimum Gasteiger partial charge on any atom is -0.0988 e. The van der Waals surface area contributed by atoms with E-state index in [1.165, 1.54) is 50.5 Å². The van der Waals surface area contributed by atoms with Crippen LogP contribution in [0.3, 0.4) is 0 Å². The predicted octanol–water partition coefficient (Wildman–Crippen LogP) is 9.12. The number of rotatable bonds is 3. The minimum atomic E-state index is 0.492. The summed E-state index contributed by atoms with van der Waals surface area (Å²) < 4.78 is 0. The van der Waals surface area contributed by atoms with Crippen LogP contribution in [0.15, 0.2) is 59.3 Å². The fourth-order valence-electron chi connectivity index (χ4n) is 3.90. The van der Waals surface area contributed by atoms with Gasteiger partial charge in [-0.25, -0.2) is 0 Å². The lowest BCUT2D eigenvalue weighted by atomic mass is 9.79. The van der Waals surface area contributed by atoms with Gasteiger partial charge in [-0.05, 0) is 60.7 Å². The second kappa shape index (κ2) is 13.8. The van der Waals surface area contributed by atoms with Crippen molar-refractivity contribution in [2.24, 2.45) is 5.41 Å². The van der Waals surface area contributed by atoms with Crippen molar-refractivity contribution in [3.8, 4) is 0 Å². The molecule has 0 fully saturated rings. The molecule has 26 heavy (non-hydrogen) atoms. The van der Waals surface area contributed by atoms with E-state index in [4.69, 9.17) is 0 Å². The molecule has 0 saturated carbocycles. The third-order valence-electron chi connectivity index (χ3n) is 5.23. The minimum absolute atomic E-state index is 0.492. The highest BCUT2D eigenvalue weighted by molar-refractivity contribution is 5.45. The van der Waals surface area contributed by atoms with Gasteiger partial charge in [-0.1, -0.05) is 104 Å². The maximum absolute atomic E-state index is 4.00. The van der Waals surface area contributed by atoms with Gasteiger partial charge < -0.3 is 0 Å². The van der Waals surface area contributed by atoms with Crippen molar-refractivity contribution in [3.63, 3.8) is 0 Å². The molecule has 0 atom stereocenters. The Morgan fingerprint density at radius 2 is 1.35 bits per heavy atom. The maximum atomic E-state index is 4.00. The summed E-state index contributed by atoms with van der Waals surface area (Å²) in [7, 11) is 0. The molecule has 0 heterocycles. The summed E-state index contributed by atoms with van der Waals surface area (Å²) in [4.78, 5) is 0. The third-order valence-corrected chi connectivity index (χ3v) is 5.23. The van der Waals surface area contributed by atoms with Crippen molar-refractivity contribution in [2.75, 3.05) is 0 Å². The van der Waals surface area contributed by atoms with E-state index in [0.717, 1.165) is 6.42 Å². The molecule has 0 heteroatoms. The molecule has 1 spiro atoms. The lowest BCUT2D eigenvalue weighted by molar-refractivity contribution is 0.323. The smallest absolute Gasteiger partial charge is 0.0139 e. The first-order valence-corrected chi connectivity index (χ1v) is 11.1. The number of hydrogen-bond acceptors (Lipinski definition) is 0. The number of unbranched alkanes of at least 4 members (excludes halogenated alkanes) is 1. The van der Waals surface area contributed by atoms with Gasteiger partial charge in [0, 0.05) is 0 Å². The van der Waals surface area contributed by atoms with Crippen LogP contribution < -0.4 is 0 Å². The Kier molecular flexibility index (Phi) is 13.2. The second-order valence-electron chi connectivity index (χ2n) is 6.98. The van der Waals surface area contributed by atoms with Crippen LogP contribution >= 0.6 is 0 Å². The van der Waals surface area contributed by atoms with Crippen LogP contribution in [-0.2, 0) is 0 Å². The molecular weight excluding hydrogens is 312 g/mol. The van der Waals surface area contributed by atoms with E-state index in [-0.39, 0.29) is 0 Å². The summed E-state index contributed by atoms with van der Waals surface area (Å²) in [5, 5.41) is 0. The molecule has 0 nitrogen and oxygen atoms in total. The van der Waals surface area contributed by atoms with E-state index in [0.29, 0.717) is 5.41 Å². The van der Waals surface area contributed by atoms with E-state index in [1.54, 1.807) is 16.7 Å². The van der Waals surface area contributed by atoms with Crippen LogP contribution in [0.25, 0.3) is 0 Å². The molecule has 3 aliphatic carbocycles. The highest BCUT2D eigenvalue weighted by Crippen LogP contribution is 2.56. The molecule has 0 bridgehead atoms. The van der Waals surface area contributed by atoms with Gasteiger partial charge in [0.1, 0.15) is 0 Å². The van der Waals surface area contributed by atoms with Crippen LogP contribution in [-0.4, -0.2) is 0 Å². The zero-order chi connectivity index (χ0) is 20.0. The van der Waals surface area contributed by atoms with Gasteiger partial charge in [-0.15, -0.1) is 0 Å². The van der Waals surface area contributed by atoms with E-state index in [2.05, 4.69) is 57.7 Å².